The second kappa shape index (κ2) is 2.88. The molecule has 0 atom stereocenters. The molecule has 0 aromatic carbocycles. The summed E-state index contributed by atoms with van der Waals surface area (Å²) < 4.78 is 1.57. The molecule has 2 aromatic heterocycles. The highest BCUT2D eigenvalue weighted by molar-refractivity contribution is 4.79. The third-order valence-electron chi connectivity index (χ3n) is 1.54. The average molecular weight is 180 g/mol. The van der Waals surface area contributed by atoms with Gasteiger partial charge in [-0.15, -0.1) is 15.3 Å². The van der Waals surface area contributed by atoms with E-state index in [9.17, 15) is 0 Å². The van der Waals surface area contributed by atoms with Crippen molar-refractivity contribution in [3.05, 3.63) is 11.6 Å². The van der Waals surface area contributed by atoms with Gasteiger partial charge in [0.05, 0.1) is 0 Å². The summed E-state index contributed by atoms with van der Waals surface area (Å²) in [4.78, 5) is 1.45. The molecular formula is C5H8N8. The fourth-order valence-corrected chi connectivity index (χ4v) is 0.899. The quantitative estimate of drug-likeness (QED) is 0.562. The molecule has 0 aliphatic rings. The maximum atomic E-state index is 4.01. The molecule has 0 radical (unpaired) electrons. The van der Waals surface area contributed by atoms with Crippen molar-refractivity contribution >= 4 is 0 Å². The van der Waals surface area contributed by atoms with Gasteiger partial charge in [-0.1, -0.05) is 0 Å². The van der Waals surface area contributed by atoms with Crippen LogP contribution in [0.2, 0.25) is 0 Å². The Hall–Kier alpha value is -1.86. The Kier molecular flexibility index (Phi) is 1.72. The molecule has 8 heteroatoms. The van der Waals surface area contributed by atoms with Gasteiger partial charge >= 0.3 is 0 Å². The smallest absolute Gasteiger partial charge is 0.174 e. The highest BCUT2D eigenvalue weighted by Gasteiger charge is 2.04. The van der Waals surface area contributed by atoms with Gasteiger partial charge in [0.15, 0.2) is 11.6 Å². The summed E-state index contributed by atoms with van der Waals surface area (Å²) >= 11 is 0. The van der Waals surface area contributed by atoms with E-state index in [1.165, 1.54) is 4.80 Å². The zero-order chi connectivity index (χ0) is 9.26. The van der Waals surface area contributed by atoms with E-state index < -0.39 is 0 Å². The first-order valence-electron chi connectivity index (χ1n) is 3.71. The minimum absolute atomic E-state index is 0.435. The van der Waals surface area contributed by atoms with Crippen LogP contribution >= 0.6 is 0 Å². The monoisotopic (exact) mass is 180 g/mol. The minimum Gasteiger partial charge on any atom is -0.231 e. The predicted octanol–water partition coefficient (Wildman–Crippen LogP) is -1.45. The van der Waals surface area contributed by atoms with E-state index in [1.807, 2.05) is 0 Å². The van der Waals surface area contributed by atoms with Crippen LogP contribution in [-0.4, -0.2) is 40.4 Å². The standard InChI is InChI=1S/C5H8N8/c1-4-6-10-13(8-4)3-5-7-9-11-12(5)2/h3H2,1-2H3. The van der Waals surface area contributed by atoms with E-state index in [0.717, 1.165) is 0 Å². The maximum Gasteiger partial charge on any atom is 0.174 e. The maximum absolute atomic E-state index is 4.01. The highest BCUT2D eigenvalue weighted by atomic mass is 15.6. The van der Waals surface area contributed by atoms with Crippen LogP contribution in [0.1, 0.15) is 11.6 Å². The summed E-state index contributed by atoms with van der Waals surface area (Å²) in [5, 5.41) is 22.5. The van der Waals surface area contributed by atoms with Gasteiger partial charge in [0, 0.05) is 7.05 Å². The van der Waals surface area contributed by atoms with Crippen LogP contribution in [-0.2, 0) is 13.6 Å². The van der Waals surface area contributed by atoms with Crippen molar-refractivity contribution in [3.63, 3.8) is 0 Å². The largest absolute Gasteiger partial charge is 0.231 e. The zero-order valence-corrected chi connectivity index (χ0v) is 7.28. The predicted molar refractivity (Wildman–Crippen MR) is 40.5 cm³/mol. The number of aryl methyl sites for hydroxylation is 2. The molecule has 0 aliphatic carbocycles. The summed E-state index contributed by atoms with van der Waals surface area (Å²) in [7, 11) is 1.76. The fraction of sp³-hybridized carbons (Fsp3) is 0.600. The van der Waals surface area contributed by atoms with Crippen molar-refractivity contribution < 1.29 is 0 Å². The van der Waals surface area contributed by atoms with Crippen molar-refractivity contribution in [1.29, 1.82) is 0 Å². The molecule has 0 aliphatic heterocycles. The topological polar surface area (TPSA) is 87.2 Å². The summed E-state index contributed by atoms with van der Waals surface area (Å²) in [5.74, 6) is 1.33. The number of hydrogen-bond donors (Lipinski definition) is 0. The minimum atomic E-state index is 0.435. The van der Waals surface area contributed by atoms with Gasteiger partial charge in [-0.2, -0.15) is 4.80 Å². The van der Waals surface area contributed by atoms with Crippen LogP contribution in [0, 0.1) is 6.92 Å². The van der Waals surface area contributed by atoms with Gasteiger partial charge in [-0.05, 0) is 22.6 Å². The first kappa shape index (κ1) is 7.77. The molecule has 0 saturated heterocycles. The lowest BCUT2D eigenvalue weighted by Crippen LogP contribution is -2.09. The summed E-state index contributed by atoms with van der Waals surface area (Å²) in [6.07, 6.45) is 0. The van der Waals surface area contributed by atoms with Crippen LogP contribution in [0.25, 0.3) is 0 Å². The molecule has 0 amide bonds. The number of rotatable bonds is 2. The Morgan fingerprint density at radius 2 is 2.08 bits per heavy atom. The van der Waals surface area contributed by atoms with Crippen molar-refractivity contribution in [2.45, 2.75) is 13.5 Å². The Morgan fingerprint density at radius 3 is 2.62 bits per heavy atom. The molecule has 8 nitrogen and oxygen atoms in total. The molecule has 13 heavy (non-hydrogen) atoms. The first-order chi connectivity index (χ1) is 6.25. The van der Waals surface area contributed by atoms with Crippen molar-refractivity contribution in [2.24, 2.45) is 7.05 Å². The van der Waals surface area contributed by atoms with E-state index in [1.54, 1.807) is 18.7 Å². The lowest BCUT2D eigenvalue weighted by Gasteiger charge is -1.95. The molecule has 0 N–H and O–H groups in total. The first-order valence-corrected chi connectivity index (χ1v) is 3.71. The van der Waals surface area contributed by atoms with Gasteiger partial charge in [0.1, 0.15) is 6.54 Å². The Balaban J connectivity index is 2.19. The second-order valence-electron chi connectivity index (χ2n) is 2.59. The summed E-state index contributed by atoms with van der Waals surface area (Å²) in [6, 6.07) is 0. The third-order valence-corrected chi connectivity index (χ3v) is 1.54. The van der Waals surface area contributed by atoms with Crippen LogP contribution in [0.3, 0.4) is 0 Å². The van der Waals surface area contributed by atoms with Crippen molar-refractivity contribution in [2.75, 3.05) is 0 Å². The van der Waals surface area contributed by atoms with Gasteiger partial charge in [-0.25, -0.2) is 4.68 Å². The summed E-state index contributed by atoms with van der Waals surface area (Å²) in [6.45, 7) is 2.21. The zero-order valence-electron chi connectivity index (χ0n) is 7.28. The van der Waals surface area contributed by atoms with E-state index in [2.05, 4.69) is 30.9 Å². The molecule has 0 unspecified atom stereocenters. The summed E-state index contributed by atoms with van der Waals surface area (Å²) in [5.41, 5.74) is 0. The molecule has 2 rings (SSSR count). The lowest BCUT2D eigenvalue weighted by atomic mass is 10.6. The fourth-order valence-electron chi connectivity index (χ4n) is 0.899. The van der Waals surface area contributed by atoms with Gasteiger partial charge < -0.3 is 0 Å². The molecule has 68 valence electrons. The number of nitrogens with zero attached hydrogens (tertiary/aromatic N) is 8. The van der Waals surface area contributed by atoms with Crippen molar-refractivity contribution in [1.82, 2.24) is 40.4 Å². The van der Waals surface area contributed by atoms with Crippen LogP contribution in [0.15, 0.2) is 0 Å². The third kappa shape index (κ3) is 1.50. The number of hydrogen-bond acceptors (Lipinski definition) is 6. The second-order valence-corrected chi connectivity index (χ2v) is 2.59. The SMILES string of the molecule is Cc1nnn(Cc2nnnn2C)n1. The van der Waals surface area contributed by atoms with E-state index in [-0.39, 0.29) is 0 Å². The number of aromatic nitrogens is 8. The Labute approximate surface area is 73.6 Å². The molecule has 0 bridgehead atoms. The highest BCUT2D eigenvalue weighted by Crippen LogP contribution is 1.91. The number of tetrazole rings is 2. The molecule has 2 aromatic rings. The van der Waals surface area contributed by atoms with Gasteiger partial charge in [0.2, 0.25) is 0 Å². The van der Waals surface area contributed by atoms with Crippen molar-refractivity contribution in [3.8, 4) is 0 Å². The van der Waals surface area contributed by atoms with Crippen LogP contribution in [0.5, 0.6) is 0 Å². The normalized spacial score (nSPS) is 10.6. The van der Waals surface area contributed by atoms with E-state index in [0.29, 0.717) is 18.2 Å². The van der Waals surface area contributed by atoms with E-state index >= 15 is 0 Å². The van der Waals surface area contributed by atoms with Crippen LogP contribution in [0.4, 0.5) is 0 Å². The Bertz CT molecular complexity index is 400. The average Bonchev–Trinajstić information content (AvgIpc) is 2.64. The molecule has 0 fully saturated rings. The lowest BCUT2D eigenvalue weighted by molar-refractivity contribution is 0.532. The molecule has 2 heterocycles. The van der Waals surface area contributed by atoms with Gasteiger partial charge in [0.25, 0.3) is 0 Å². The van der Waals surface area contributed by atoms with Gasteiger partial charge in [-0.3, -0.25) is 0 Å². The van der Waals surface area contributed by atoms with E-state index in [4.69, 9.17) is 0 Å². The Morgan fingerprint density at radius 1 is 1.23 bits per heavy atom. The molecule has 0 saturated carbocycles. The van der Waals surface area contributed by atoms with Crippen LogP contribution < -0.4 is 0 Å². The molecule has 0 spiro atoms. The molecular weight excluding hydrogens is 172 g/mol.